The lowest BCUT2D eigenvalue weighted by molar-refractivity contribution is 0.321. The molecule has 2 rings (SSSR count). The minimum Gasteiger partial charge on any atom is -0.314 e. The predicted octanol–water partition coefficient (Wildman–Crippen LogP) is 4.15. The molecule has 0 aromatic heterocycles. The first-order chi connectivity index (χ1) is 8.15. The fourth-order valence-electron chi connectivity index (χ4n) is 3.82. The fraction of sp³-hybridized carbons (Fsp3) is 0.875. The van der Waals surface area contributed by atoms with Crippen LogP contribution in [0.5, 0.6) is 0 Å². The van der Waals surface area contributed by atoms with Gasteiger partial charge >= 0.3 is 0 Å². The van der Waals surface area contributed by atoms with Gasteiger partial charge in [-0.2, -0.15) is 0 Å². The van der Waals surface area contributed by atoms with Crippen LogP contribution in [0.2, 0.25) is 0 Å². The summed E-state index contributed by atoms with van der Waals surface area (Å²) in [6.07, 6.45) is 11.0. The van der Waals surface area contributed by atoms with E-state index in [9.17, 15) is 0 Å². The molecule has 0 aliphatic heterocycles. The third kappa shape index (κ3) is 3.84. The molecule has 0 amide bonds. The monoisotopic (exact) mass is 235 g/mol. The predicted molar refractivity (Wildman–Crippen MR) is 75.1 cm³/mol. The number of hydrogen-bond donors (Lipinski definition) is 1. The lowest BCUT2D eigenvalue weighted by Gasteiger charge is -2.28. The van der Waals surface area contributed by atoms with Crippen LogP contribution in [0.1, 0.15) is 59.3 Å². The lowest BCUT2D eigenvalue weighted by Crippen LogP contribution is -2.36. The number of rotatable bonds is 4. The highest BCUT2D eigenvalue weighted by Crippen LogP contribution is 2.29. The van der Waals surface area contributed by atoms with Gasteiger partial charge in [-0.15, -0.1) is 0 Å². The van der Waals surface area contributed by atoms with Crippen molar-refractivity contribution in [2.45, 2.75) is 65.3 Å². The van der Waals surface area contributed by atoms with Gasteiger partial charge in [0.05, 0.1) is 0 Å². The van der Waals surface area contributed by atoms with Crippen molar-refractivity contribution in [2.75, 3.05) is 6.54 Å². The summed E-state index contributed by atoms with van der Waals surface area (Å²) in [5, 5.41) is 3.81. The van der Waals surface area contributed by atoms with Gasteiger partial charge in [-0.3, -0.25) is 0 Å². The first-order valence-electron chi connectivity index (χ1n) is 7.56. The summed E-state index contributed by atoms with van der Waals surface area (Å²) in [6, 6.07) is 0.735. The van der Waals surface area contributed by atoms with Gasteiger partial charge < -0.3 is 5.32 Å². The molecule has 1 heteroatoms. The van der Waals surface area contributed by atoms with Crippen LogP contribution in [-0.2, 0) is 0 Å². The quantitative estimate of drug-likeness (QED) is 0.722. The molecule has 2 aliphatic rings. The van der Waals surface area contributed by atoms with Crippen molar-refractivity contribution in [3.63, 3.8) is 0 Å². The van der Waals surface area contributed by atoms with Gasteiger partial charge in [-0.25, -0.2) is 0 Å². The Bertz CT molecular complexity index is 263. The Kier molecular flexibility index (Phi) is 4.67. The van der Waals surface area contributed by atoms with Crippen LogP contribution in [0, 0.1) is 17.8 Å². The van der Waals surface area contributed by atoms with Gasteiger partial charge in [0, 0.05) is 6.04 Å². The second-order valence-electron chi connectivity index (χ2n) is 6.54. The van der Waals surface area contributed by atoms with Gasteiger partial charge in [-0.05, 0) is 63.8 Å². The summed E-state index contributed by atoms with van der Waals surface area (Å²) in [5.74, 6) is 2.61. The standard InChI is InChI=1S/C16H29N/c1-12-8-13(2)10-15(9-12)11-17-14(3)16-6-4-5-7-16/h8,12,14-17H,4-7,9-11H2,1-3H3/t12?,14-,15?/m1/s1. The molecule has 0 aromatic rings. The average molecular weight is 235 g/mol. The van der Waals surface area contributed by atoms with Crippen LogP contribution in [-0.4, -0.2) is 12.6 Å². The first kappa shape index (κ1) is 13.1. The molecule has 0 spiro atoms. The fourth-order valence-corrected chi connectivity index (χ4v) is 3.82. The summed E-state index contributed by atoms with van der Waals surface area (Å²) in [5.41, 5.74) is 1.60. The zero-order valence-electron chi connectivity index (χ0n) is 11.8. The molecule has 3 atom stereocenters. The maximum Gasteiger partial charge on any atom is 0.00671 e. The van der Waals surface area contributed by atoms with Crippen LogP contribution >= 0.6 is 0 Å². The van der Waals surface area contributed by atoms with Crippen molar-refractivity contribution in [1.82, 2.24) is 5.32 Å². The third-order valence-electron chi connectivity index (χ3n) is 4.72. The van der Waals surface area contributed by atoms with E-state index in [1.807, 2.05) is 0 Å². The molecule has 2 aliphatic carbocycles. The maximum absolute atomic E-state index is 3.81. The highest BCUT2D eigenvalue weighted by molar-refractivity contribution is 5.06. The number of allylic oxidation sites excluding steroid dienone is 2. The van der Waals surface area contributed by atoms with Gasteiger partial charge in [-0.1, -0.05) is 31.4 Å². The lowest BCUT2D eigenvalue weighted by atomic mass is 9.83. The highest BCUT2D eigenvalue weighted by atomic mass is 14.9. The van der Waals surface area contributed by atoms with E-state index in [1.165, 1.54) is 45.1 Å². The molecule has 0 bridgehead atoms. The van der Waals surface area contributed by atoms with Gasteiger partial charge in [0.15, 0.2) is 0 Å². The van der Waals surface area contributed by atoms with Crippen molar-refractivity contribution in [3.8, 4) is 0 Å². The van der Waals surface area contributed by atoms with Crippen molar-refractivity contribution in [2.24, 2.45) is 17.8 Å². The maximum atomic E-state index is 3.81. The van der Waals surface area contributed by atoms with E-state index in [0.29, 0.717) is 0 Å². The van der Waals surface area contributed by atoms with E-state index in [1.54, 1.807) is 5.57 Å². The Morgan fingerprint density at radius 3 is 2.71 bits per heavy atom. The molecule has 0 saturated heterocycles. The highest BCUT2D eigenvalue weighted by Gasteiger charge is 2.23. The molecule has 17 heavy (non-hydrogen) atoms. The third-order valence-corrected chi connectivity index (χ3v) is 4.72. The molecule has 2 unspecified atom stereocenters. The number of hydrogen-bond acceptors (Lipinski definition) is 1. The minimum atomic E-state index is 0.735. The van der Waals surface area contributed by atoms with E-state index in [4.69, 9.17) is 0 Å². The molecular weight excluding hydrogens is 206 g/mol. The second kappa shape index (κ2) is 6.04. The van der Waals surface area contributed by atoms with E-state index >= 15 is 0 Å². The smallest absolute Gasteiger partial charge is 0.00671 e. The van der Waals surface area contributed by atoms with Crippen molar-refractivity contribution >= 4 is 0 Å². The van der Waals surface area contributed by atoms with Crippen LogP contribution in [0.25, 0.3) is 0 Å². The molecule has 1 N–H and O–H groups in total. The molecule has 0 heterocycles. The normalized spacial score (nSPS) is 32.5. The Morgan fingerprint density at radius 2 is 2.06 bits per heavy atom. The van der Waals surface area contributed by atoms with Crippen molar-refractivity contribution < 1.29 is 0 Å². The summed E-state index contributed by atoms with van der Waals surface area (Å²) < 4.78 is 0. The van der Waals surface area contributed by atoms with E-state index in [-0.39, 0.29) is 0 Å². The topological polar surface area (TPSA) is 12.0 Å². The SMILES string of the molecule is CC1=CC(C)CC(CN[C@H](C)C2CCCC2)C1. The zero-order valence-corrected chi connectivity index (χ0v) is 11.8. The average Bonchev–Trinajstić information content (AvgIpc) is 2.78. The Labute approximate surface area is 107 Å². The van der Waals surface area contributed by atoms with E-state index in [2.05, 4.69) is 32.2 Å². The molecule has 0 radical (unpaired) electrons. The summed E-state index contributed by atoms with van der Waals surface area (Å²) in [6.45, 7) is 8.28. The first-order valence-corrected chi connectivity index (χ1v) is 7.56. The molecule has 1 fully saturated rings. The zero-order chi connectivity index (χ0) is 12.3. The summed E-state index contributed by atoms with van der Waals surface area (Å²) >= 11 is 0. The van der Waals surface area contributed by atoms with Gasteiger partial charge in [0.25, 0.3) is 0 Å². The Hall–Kier alpha value is -0.300. The number of nitrogens with one attached hydrogen (secondary N) is 1. The molecule has 98 valence electrons. The van der Waals surface area contributed by atoms with Crippen molar-refractivity contribution in [3.05, 3.63) is 11.6 Å². The van der Waals surface area contributed by atoms with Crippen LogP contribution in [0.4, 0.5) is 0 Å². The molecule has 1 nitrogen and oxygen atoms in total. The largest absolute Gasteiger partial charge is 0.314 e. The van der Waals surface area contributed by atoms with E-state index in [0.717, 1.165) is 23.8 Å². The minimum absolute atomic E-state index is 0.735. The van der Waals surface area contributed by atoms with Crippen LogP contribution in [0.15, 0.2) is 11.6 Å². The van der Waals surface area contributed by atoms with Crippen LogP contribution in [0.3, 0.4) is 0 Å². The summed E-state index contributed by atoms with van der Waals surface area (Å²) in [4.78, 5) is 0. The van der Waals surface area contributed by atoms with Crippen LogP contribution < -0.4 is 5.32 Å². The molecular formula is C16H29N. The van der Waals surface area contributed by atoms with Gasteiger partial charge in [0.1, 0.15) is 0 Å². The molecule has 1 saturated carbocycles. The summed E-state index contributed by atoms with van der Waals surface area (Å²) in [7, 11) is 0. The Morgan fingerprint density at radius 1 is 1.35 bits per heavy atom. The molecule has 0 aromatic carbocycles. The second-order valence-corrected chi connectivity index (χ2v) is 6.54. The van der Waals surface area contributed by atoms with Gasteiger partial charge in [0.2, 0.25) is 0 Å². The Balaban J connectivity index is 1.72. The van der Waals surface area contributed by atoms with E-state index < -0.39 is 0 Å². The van der Waals surface area contributed by atoms with Crippen molar-refractivity contribution in [1.29, 1.82) is 0 Å².